The van der Waals surface area contributed by atoms with Gasteiger partial charge in [-0.3, -0.25) is 9.69 Å². The lowest BCUT2D eigenvalue weighted by atomic mass is 10.0. The van der Waals surface area contributed by atoms with E-state index in [2.05, 4.69) is 15.2 Å². The van der Waals surface area contributed by atoms with Crippen molar-refractivity contribution in [1.82, 2.24) is 14.8 Å². The van der Waals surface area contributed by atoms with Gasteiger partial charge < -0.3 is 9.64 Å². The molecule has 3 heterocycles. The van der Waals surface area contributed by atoms with Crippen LogP contribution in [0, 0.1) is 0 Å². The van der Waals surface area contributed by atoms with E-state index in [1.165, 1.54) is 19.3 Å². The second-order valence-electron chi connectivity index (χ2n) is 7.40. The Bertz CT molecular complexity index is 749. The molecule has 6 heteroatoms. The predicted octanol–water partition coefficient (Wildman–Crippen LogP) is 3.70. The zero-order valence-electron chi connectivity index (χ0n) is 15.7. The summed E-state index contributed by atoms with van der Waals surface area (Å²) in [5.41, 5.74) is 1.12. The average Bonchev–Trinajstić information content (AvgIpc) is 3.31. The van der Waals surface area contributed by atoms with E-state index in [1.54, 1.807) is 11.3 Å². The molecular weight excluding hydrogens is 358 g/mol. The number of likely N-dealkylation sites (tertiary alicyclic amines) is 2. The summed E-state index contributed by atoms with van der Waals surface area (Å²) in [5.74, 6) is 1.20. The van der Waals surface area contributed by atoms with Crippen molar-refractivity contribution in [3.05, 3.63) is 46.4 Å². The van der Waals surface area contributed by atoms with Crippen LogP contribution in [-0.4, -0.2) is 46.4 Å². The first-order valence-corrected chi connectivity index (χ1v) is 10.8. The molecule has 0 N–H and O–H groups in total. The van der Waals surface area contributed by atoms with Gasteiger partial charge >= 0.3 is 0 Å². The lowest BCUT2D eigenvalue weighted by Crippen LogP contribution is -2.46. The number of benzene rings is 1. The Balaban J connectivity index is 1.33. The third-order valence-corrected chi connectivity index (χ3v) is 6.29. The zero-order chi connectivity index (χ0) is 18.5. The van der Waals surface area contributed by atoms with Crippen LogP contribution in [0.3, 0.4) is 0 Å². The van der Waals surface area contributed by atoms with Gasteiger partial charge in [0.15, 0.2) is 0 Å². The number of piperidine rings is 1. The number of amides is 1. The van der Waals surface area contributed by atoms with Gasteiger partial charge in [-0.15, -0.1) is 11.3 Å². The fraction of sp³-hybridized carbons (Fsp3) is 0.524. The number of carbonyl (C=O) groups is 1. The molecule has 4 rings (SSSR count). The molecule has 0 aliphatic carbocycles. The first-order valence-electron chi connectivity index (χ1n) is 9.91. The summed E-state index contributed by atoms with van der Waals surface area (Å²) in [5, 5.41) is 3.16. The fourth-order valence-corrected chi connectivity index (χ4v) is 4.68. The molecular formula is C21H27N3O2S. The molecule has 1 atom stereocenters. The van der Waals surface area contributed by atoms with E-state index in [9.17, 15) is 4.79 Å². The highest BCUT2D eigenvalue weighted by atomic mass is 32.1. The molecule has 2 aliphatic rings. The lowest BCUT2D eigenvalue weighted by molar-refractivity contribution is -0.128. The van der Waals surface area contributed by atoms with E-state index in [4.69, 9.17) is 9.72 Å². The van der Waals surface area contributed by atoms with Crippen molar-refractivity contribution in [3.63, 3.8) is 0 Å². The van der Waals surface area contributed by atoms with Gasteiger partial charge in [0.2, 0.25) is 5.91 Å². The van der Waals surface area contributed by atoms with E-state index in [-0.39, 0.29) is 0 Å². The van der Waals surface area contributed by atoms with Crippen LogP contribution < -0.4 is 4.74 Å². The summed E-state index contributed by atoms with van der Waals surface area (Å²) in [6, 6.07) is 10.3. The average molecular weight is 386 g/mol. The van der Waals surface area contributed by atoms with Gasteiger partial charge in [-0.05, 0) is 37.9 Å². The number of hydrogen-bond acceptors (Lipinski definition) is 5. The minimum absolute atomic E-state index is 0.328. The van der Waals surface area contributed by atoms with Crippen molar-refractivity contribution in [2.45, 2.75) is 51.3 Å². The monoisotopic (exact) mass is 385 g/mol. The maximum absolute atomic E-state index is 12.0. The minimum atomic E-state index is 0.328. The van der Waals surface area contributed by atoms with Gasteiger partial charge in [0, 0.05) is 37.5 Å². The highest BCUT2D eigenvalue weighted by molar-refractivity contribution is 7.09. The van der Waals surface area contributed by atoms with Crippen LogP contribution >= 0.6 is 11.3 Å². The van der Waals surface area contributed by atoms with E-state index in [1.807, 2.05) is 30.3 Å². The Morgan fingerprint density at radius 3 is 2.85 bits per heavy atom. The number of rotatable bonds is 7. The maximum atomic E-state index is 12.0. The summed E-state index contributed by atoms with van der Waals surface area (Å²) in [6.07, 6.45) is 5.42. The second-order valence-corrected chi connectivity index (χ2v) is 8.34. The number of hydrogen-bond donors (Lipinski definition) is 0. The molecule has 144 valence electrons. The number of carbonyl (C=O) groups excluding carboxylic acids is 1. The summed E-state index contributed by atoms with van der Waals surface area (Å²) in [7, 11) is 0. The van der Waals surface area contributed by atoms with E-state index in [0.29, 0.717) is 18.6 Å². The number of aromatic nitrogens is 1. The molecule has 0 unspecified atom stereocenters. The molecule has 5 nitrogen and oxygen atoms in total. The smallest absolute Gasteiger partial charge is 0.222 e. The van der Waals surface area contributed by atoms with Gasteiger partial charge in [-0.25, -0.2) is 4.98 Å². The topological polar surface area (TPSA) is 45.7 Å². The van der Waals surface area contributed by atoms with Crippen LogP contribution in [0.25, 0.3) is 0 Å². The first kappa shape index (κ1) is 18.4. The molecule has 2 aliphatic heterocycles. The highest BCUT2D eigenvalue weighted by Crippen LogP contribution is 2.23. The van der Waals surface area contributed by atoms with E-state index >= 15 is 0 Å². The van der Waals surface area contributed by atoms with Crippen LogP contribution in [0.5, 0.6) is 5.75 Å². The Labute approximate surface area is 165 Å². The van der Waals surface area contributed by atoms with Crippen LogP contribution in [0.1, 0.15) is 42.8 Å². The Hall–Kier alpha value is -1.92. The second kappa shape index (κ2) is 8.85. The molecule has 0 saturated carbocycles. The van der Waals surface area contributed by atoms with Gasteiger partial charge in [-0.1, -0.05) is 24.6 Å². The van der Waals surface area contributed by atoms with Crippen molar-refractivity contribution in [1.29, 1.82) is 0 Å². The SMILES string of the molecule is O=C1CCCN1C[C@@H]1CCCCN1Cc1csc(COc2ccccc2)n1. The summed E-state index contributed by atoms with van der Waals surface area (Å²) < 4.78 is 5.81. The van der Waals surface area contributed by atoms with Crippen molar-refractivity contribution in [3.8, 4) is 5.75 Å². The van der Waals surface area contributed by atoms with Gasteiger partial charge in [-0.2, -0.15) is 0 Å². The fourth-order valence-electron chi connectivity index (χ4n) is 3.98. The van der Waals surface area contributed by atoms with E-state index < -0.39 is 0 Å². The van der Waals surface area contributed by atoms with E-state index in [0.717, 1.165) is 55.5 Å². The Kier molecular flexibility index (Phi) is 6.04. The molecule has 2 aromatic rings. The third-order valence-electron chi connectivity index (χ3n) is 5.42. The molecule has 0 radical (unpaired) electrons. The predicted molar refractivity (Wildman–Crippen MR) is 107 cm³/mol. The van der Waals surface area contributed by atoms with Crippen molar-refractivity contribution >= 4 is 17.2 Å². The number of ether oxygens (including phenoxy) is 1. The maximum Gasteiger partial charge on any atom is 0.222 e. The Morgan fingerprint density at radius 1 is 1.15 bits per heavy atom. The largest absolute Gasteiger partial charge is 0.486 e. The molecule has 0 spiro atoms. The quantitative estimate of drug-likeness (QED) is 0.729. The van der Waals surface area contributed by atoms with Crippen LogP contribution in [0.4, 0.5) is 0 Å². The molecule has 1 aromatic carbocycles. The normalized spacial score (nSPS) is 21.0. The first-order chi connectivity index (χ1) is 13.3. The van der Waals surface area contributed by atoms with Gasteiger partial charge in [0.1, 0.15) is 17.4 Å². The van der Waals surface area contributed by atoms with Crippen molar-refractivity contribution in [2.75, 3.05) is 19.6 Å². The van der Waals surface area contributed by atoms with Crippen molar-refractivity contribution in [2.24, 2.45) is 0 Å². The standard InChI is InChI=1S/C21H27N3O2S/c25-21-10-6-12-24(21)14-18-7-4-5-11-23(18)13-17-16-27-20(22-17)15-26-19-8-2-1-3-9-19/h1-3,8-9,16,18H,4-7,10-15H2/t18-/m0/s1. The summed E-state index contributed by atoms with van der Waals surface area (Å²) in [4.78, 5) is 21.3. The molecule has 27 heavy (non-hydrogen) atoms. The molecule has 0 bridgehead atoms. The minimum Gasteiger partial charge on any atom is -0.486 e. The summed E-state index contributed by atoms with van der Waals surface area (Å²) >= 11 is 1.66. The molecule has 2 saturated heterocycles. The van der Waals surface area contributed by atoms with Crippen LogP contribution in [0.2, 0.25) is 0 Å². The number of para-hydroxylation sites is 1. The molecule has 2 fully saturated rings. The van der Waals surface area contributed by atoms with Crippen LogP contribution in [0.15, 0.2) is 35.7 Å². The number of nitrogens with zero attached hydrogens (tertiary/aromatic N) is 3. The molecule has 1 aromatic heterocycles. The summed E-state index contributed by atoms with van der Waals surface area (Å²) in [6.45, 7) is 4.29. The van der Waals surface area contributed by atoms with Crippen LogP contribution in [-0.2, 0) is 17.9 Å². The highest BCUT2D eigenvalue weighted by Gasteiger charge is 2.29. The lowest BCUT2D eigenvalue weighted by Gasteiger charge is -2.37. The number of thiazole rings is 1. The van der Waals surface area contributed by atoms with Gasteiger partial charge in [0.05, 0.1) is 5.69 Å². The van der Waals surface area contributed by atoms with Gasteiger partial charge in [0.25, 0.3) is 0 Å². The Morgan fingerprint density at radius 2 is 2.04 bits per heavy atom. The molecule has 1 amide bonds. The van der Waals surface area contributed by atoms with Crippen molar-refractivity contribution < 1.29 is 9.53 Å². The zero-order valence-corrected chi connectivity index (χ0v) is 16.5. The third kappa shape index (κ3) is 4.87.